The first kappa shape index (κ1) is 44.9. The Bertz CT molecular complexity index is 897. The molecule has 43 heavy (non-hydrogen) atoms. The Hall–Kier alpha value is 1.88. The van der Waals surface area contributed by atoms with Gasteiger partial charge in [-0.3, -0.25) is 0 Å². The molecule has 0 spiro atoms. The van der Waals surface area contributed by atoms with Gasteiger partial charge in [0.25, 0.3) is 0 Å². The van der Waals surface area contributed by atoms with Gasteiger partial charge in [-0.1, -0.05) is 102 Å². The minimum absolute atomic E-state index is 0.208. The highest BCUT2D eigenvalue weighted by Crippen LogP contribution is 2.58. The summed E-state index contributed by atoms with van der Waals surface area (Å²) in [6.07, 6.45) is 2.69. The van der Waals surface area contributed by atoms with E-state index in [9.17, 15) is 0 Å². The van der Waals surface area contributed by atoms with Crippen LogP contribution in [0.25, 0.3) is 0 Å². The van der Waals surface area contributed by atoms with Gasteiger partial charge in [0, 0.05) is 23.2 Å². The maximum atomic E-state index is 8.38. The molecule has 0 fully saturated rings. The van der Waals surface area contributed by atoms with Crippen LogP contribution in [0, 0.1) is 0 Å². The number of halogens is 6. The Labute approximate surface area is 298 Å². The van der Waals surface area contributed by atoms with E-state index >= 15 is 0 Å². The summed E-state index contributed by atoms with van der Waals surface area (Å²) in [5.41, 5.74) is 21.8. The Kier molecular flexibility index (Phi) is 15.9. The zero-order chi connectivity index (χ0) is 34.8. The van der Waals surface area contributed by atoms with E-state index in [1.807, 2.05) is 0 Å². The van der Waals surface area contributed by atoms with Crippen LogP contribution in [0.15, 0.2) is 49.1 Å². The minimum atomic E-state index is -3.32. The molecule has 0 aromatic carbocycles. The molecule has 3 nitrogen and oxygen atoms in total. The van der Waals surface area contributed by atoms with Crippen molar-refractivity contribution >= 4 is 111 Å². The number of hydrogen-bond acceptors (Lipinski definition) is 3. The van der Waals surface area contributed by atoms with Crippen LogP contribution in [0.5, 0.6) is 0 Å². The van der Waals surface area contributed by atoms with Crippen molar-refractivity contribution in [2.45, 2.75) is 125 Å². The maximum absolute atomic E-state index is 8.38. The molecule has 252 valence electrons. The first-order chi connectivity index (χ1) is 19.0. The third-order valence-corrected chi connectivity index (χ3v) is 35.7. The van der Waals surface area contributed by atoms with Gasteiger partial charge >= 0.3 is 12.0 Å². The van der Waals surface area contributed by atoms with Crippen LogP contribution in [-0.4, -0.2) is 65.1 Å². The Morgan fingerprint density at radius 1 is 0.535 bits per heavy atom. The summed E-state index contributed by atoms with van der Waals surface area (Å²) in [7, 11) is -11.0. The van der Waals surface area contributed by atoms with Gasteiger partial charge in [-0.15, -0.1) is 92.8 Å². The summed E-state index contributed by atoms with van der Waals surface area (Å²) in [5, 5.41) is 0. The Balaban J connectivity index is 9.17. The molecule has 0 rings (SSSR count). The van der Waals surface area contributed by atoms with Crippen molar-refractivity contribution in [3.63, 3.8) is 0 Å². The van der Waals surface area contributed by atoms with Crippen molar-refractivity contribution in [2.75, 3.05) is 0 Å². The molecule has 0 radical (unpaired) electrons. The summed E-state index contributed by atoms with van der Waals surface area (Å²) in [5.74, 6) is 0. The molecule has 0 saturated heterocycles. The van der Waals surface area contributed by atoms with Gasteiger partial charge in [-0.25, -0.2) is 0 Å². The highest BCUT2D eigenvalue weighted by atomic mass is 35.8. The van der Waals surface area contributed by atoms with E-state index in [-0.39, 0.29) is 12.1 Å². The second kappa shape index (κ2) is 15.2. The molecule has 15 heteroatoms. The first-order valence-corrected chi connectivity index (χ1v) is 37.7. The Morgan fingerprint density at radius 3 is 0.884 bits per heavy atom. The average molecular weight is 820 g/mol. The fraction of sp³-hybridized carbons (Fsp3) is 0.714. The van der Waals surface area contributed by atoms with Crippen molar-refractivity contribution in [1.29, 1.82) is 0 Å². The molecule has 0 heterocycles. The second-order valence-corrected chi connectivity index (χ2v) is 52.1. The van der Waals surface area contributed by atoms with Crippen LogP contribution in [0.2, 0.25) is 64.5 Å². The van der Waals surface area contributed by atoms with Gasteiger partial charge in [-0.2, -0.15) is 0 Å². The molecule has 0 saturated carbocycles. The van der Waals surface area contributed by atoms with E-state index in [1.165, 1.54) is 0 Å². The van der Waals surface area contributed by atoms with Crippen molar-refractivity contribution in [3.05, 3.63) is 49.1 Å². The lowest BCUT2D eigenvalue weighted by atomic mass is 9.95. The summed E-state index contributed by atoms with van der Waals surface area (Å²) in [6, 6.07) is -6.23. The van der Waals surface area contributed by atoms with E-state index in [2.05, 4.69) is 115 Å². The van der Waals surface area contributed by atoms with E-state index in [0.29, 0.717) is 12.8 Å². The van der Waals surface area contributed by atoms with Crippen LogP contribution in [-0.2, 0) is 4.74 Å². The summed E-state index contributed by atoms with van der Waals surface area (Å²) in [6.45, 7) is 39.8. The lowest BCUT2D eigenvalue weighted by Crippen LogP contribution is -2.91. The van der Waals surface area contributed by atoms with E-state index in [0.717, 1.165) is 12.8 Å². The van der Waals surface area contributed by atoms with E-state index in [1.54, 1.807) is 0 Å². The van der Waals surface area contributed by atoms with Crippen LogP contribution in [0.4, 0.5) is 0 Å². The van der Waals surface area contributed by atoms with Crippen molar-refractivity contribution in [1.82, 2.24) is 0 Å². The lowest BCUT2D eigenvalue weighted by Gasteiger charge is -2.70. The fourth-order valence-electron chi connectivity index (χ4n) is 8.15. The molecule has 0 amide bonds. The fourth-order valence-corrected chi connectivity index (χ4v) is 39.1. The normalized spacial score (nSPS) is 17.5. The van der Waals surface area contributed by atoms with Crippen LogP contribution < -0.4 is 11.5 Å². The van der Waals surface area contributed by atoms with Gasteiger partial charge in [0.05, 0.1) is 9.70 Å². The molecule has 2 unspecified atom stereocenters. The molecule has 0 aromatic heterocycles. The zero-order valence-corrected chi connectivity index (χ0v) is 38.7. The van der Waals surface area contributed by atoms with Gasteiger partial charge in [0.15, 0.2) is 0 Å². The van der Waals surface area contributed by atoms with Crippen molar-refractivity contribution in [3.8, 4) is 0 Å². The molecular formula is C28H58Cl6N2OSi6. The molecular weight excluding hydrogens is 762 g/mol. The van der Waals surface area contributed by atoms with Crippen LogP contribution in [0.1, 0.15) is 39.5 Å². The van der Waals surface area contributed by atoms with Crippen molar-refractivity contribution < 1.29 is 4.74 Å². The summed E-state index contributed by atoms with van der Waals surface area (Å²) in [4.78, 5) is -1.98. The molecule has 0 aliphatic heterocycles. The molecule has 4 N–H and O–H groups in total. The van der Waals surface area contributed by atoms with Crippen LogP contribution >= 0.6 is 66.5 Å². The molecule has 2 atom stereocenters. The van der Waals surface area contributed by atoms with E-state index < -0.39 is 65.1 Å². The van der Waals surface area contributed by atoms with Gasteiger partial charge in [0.1, 0.15) is 32.3 Å². The summed E-state index contributed by atoms with van der Waals surface area (Å²) >= 11 is 40.8. The topological polar surface area (TPSA) is 61.3 Å². The number of nitrogens with two attached hydrogens (primary N) is 2. The number of rotatable bonds is 20. The van der Waals surface area contributed by atoms with Gasteiger partial charge in [-0.05, 0) is 12.8 Å². The smallest absolute Gasteiger partial charge is 0.343 e. The molecule has 0 aliphatic rings. The third-order valence-electron chi connectivity index (χ3n) is 9.80. The molecule has 0 bridgehead atoms. The highest BCUT2D eigenvalue weighted by molar-refractivity contribution is 7.65. The van der Waals surface area contributed by atoms with Gasteiger partial charge in [0.2, 0.25) is 0 Å². The minimum Gasteiger partial charge on any atom is -0.377 e. The van der Waals surface area contributed by atoms with E-state index in [4.69, 9.17) is 82.7 Å². The second-order valence-electron chi connectivity index (χ2n) is 14.6. The average Bonchev–Trinajstić information content (AvgIpc) is 2.81. The van der Waals surface area contributed by atoms with Crippen LogP contribution in [0.3, 0.4) is 0 Å². The standard InChI is InChI=1S/C28H58Cl6N2OSi6/c1-15-21-25(35,23-42(29,30)31)27(38(7,8)17-3,39(9,10)18-4)37-28(40(11,12)19-5,41(13,14)20-6)26(36,22-16-2)24-43(32,33)34/h17-20H,3-6,15-16,21-24,35-36H2,1-2,7-14H3. The monoisotopic (exact) mass is 816 g/mol. The highest BCUT2D eigenvalue weighted by Gasteiger charge is 2.75. The third kappa shape index (κ3) is 8.73. The number of hydrogen-bond donors (Lipinski definition) is 2. The Morgan fingerprint density at radius 2 is 0.744 bits per heavy atom. The predicted octanol–water partition coefficient (Wildman–Crippen LogP) is 10.7. The molecule has 0 aliphatic carbocycles. The zero-order valence-electron chi connectivity index (χ0n) is 28.2. The first-order valence-electron chi connectivity index (χ1n) is 14.9. The van der Waals surface area contributed by atoms with Gasteiger partial charge < -0.3 is 16.2 Å². The summed E-state index contributed by atoms with van der Waals surface area (Å²) < 4.78 is 8.38. The van der Waals surface area contributed by atoms with Crippen molar-refractivity contribution in [2.24, 2.45) is 11.5 Å². The SMILES string of the molecule is C=C[Si](C)(C)C(OC(C(N)(CCC)C[Si](Cl)(Cl)Cl)([Si](C)(C)C=C)[Si](C)(C)C=C)(C(N)(CCC)C[Si](Cl)(Cl)Cl)[Si](C)(C)C=C. The largest absolute Gasteiger partial charge is 0.377 e. The lowest BCUT2D eigenvalue weighted by molar-refractivity contribution is -0.0713. The molecule has 0 aromatic rings. The quantitative estimate of drug-likeness (QED) is 0.0950. The number of ether oxygens (including phenoxy) is 1. The maximum Gasteiger partial charge on any atom is 0.343 e. The predicted molar refractivity (Wildman–Crippen MR) is 217 cm³/mol.